The summed E-state index contributed by atoms with van der Waals surface area (Å²) in [7, 11) is 0. The standard InChI is InChI=1S/C27H33F6N7O3/c28-26(29,30)19-5-3-17(4-6-19)7-8-35-23(42)18-2-1-9-40(15-18)22-14-21(36-25(37-22)27(31,32)33)38-10-12-39(13-11-38)24(43)20(34)16-41/h3-6,14,18,20,41H,1-2,7-13,15-16,34H2,(H,35,42)/t18-,20?/m1/s1. The third kappa shape index (κ3) is 8.25. The van der Waals surface area contributed by atoms with Crippen molar-refractivity contribution in [2.24, 2.45) is 11.7 Å². The maximum Gasteiger partial charge on any atom is 0.451 e. The number of carbonyl (C=O) groups excluding carboxylic acids is 2. The summed E-state index contributed by atoms with van der Waals surface area (Å²) in [6.45, 7) is 0.942. The van der Waals surface area contributed by atoms with Gasteiger partial charge in [-0.25, -0.2) is 9.97 Å². The van der Waals surface area contributed by atoms with Crippen LogP contribution in [0.3, 0.4) is 0 Å². The number of rotatable bonds is 8. The molecule has 236 valence electrons. The molecule has 1 unspecified atom stereocenters. The lowest BCUT2D eigenvalue weighted by Gasteiger charge is -2.37. The van der Waals surface area contributed by atoms with Gasteiger partial charge in [0.05, 0.1) is 18.1 Å². The minimum atomic E-state index is -4.82. The first kappa shape index (κ1) is 32.3. The normalized spacial score (nSPS) is 18.9. The molecule has 2 fully saturated rings. The largest absolute Gasteiger partial charge is 0.451 e. The number of nitrogens with two attached hydrogens (primary N) is 1. The van der Waals surface area contributed by atoms with E-state index < -0.39 is 48.2 Å². The average molecular weight is 618 g/mol. The second-order valence-electron chi connectivity index (χ2n) is 10.5. The molecular formula is C27H33F6N7O3. The quantitative estimate of drug-likeness (QED) is 0.385. The maximum absolute atomic E-state index is 13.8. The molecule has 4 N–H and O–H groups in total. The van der Waals surface area contributed by atoms with Crippen LogP contribution in [0.2, 0.25) is 0 Å². The van der Waals surface area contributed by atoms with Crippen molar-refractivity contribution in [3.8, 4) is 0 Å². The van der Waals surface area contributed by atoms with Gasteiger partial charge >= 0.3 is 12.4 Å². The maximum atomic E-state index is 13.8. The van der Waals surface area contributed by atoms with Gasteiger partial charge in [0.1, 0.15) is 17.7 Å². The highest BCUT2D eigenvalue weighted by molar-refractivity contribution is 5.82. The molecule has 2 aliphatic rings. The first-order valence-corrected chi connectivity index (χ1v) is 13.8. The summed E-state index contributed by atoms with van der Waals surface area (Å²) >= 11 is 0. The number of aromatic nitrogens is 2. The molecule has 0 aliphatic carbocycles. The van der Waals surface area contributed by atoms with Crippen LogP contribution in [0.1, 0.15) is 29.8 Å². The summed E-state index contributed by atoms with van der Waals surface area (Å²) in [5.41, 5.74) is 5.46. The Kier molecular flexibility index (Phi) is 10.00. The molecule has 2 amide bonds. The van der Waals surface area contributed by atoms with E-state index in [1.807, 2.05) is 0 Å². The number of hydrogen-bond acceptors (Lipinski definition) is 8. The highest BCUT2D eigenvalue weighted by Crippen LogP contribution is 2.32. The number of nitrogens with one attached hydrogen (secondary N) is 1. The van der Waals surface area contributed by atoms with Gasteiger partial charge in [-0.05, 0) is 37.0 Å². The number of amides is 2. The Morgan fingerprint density at radius 3 is 2.16 bits per heavy atom. The van der Waals surface area contributed by atoms with Crippen LogP contribution in [0, 0.1) is 5.92 Å². The van der Waals surface area contributed by atoms with E-state index in [-0.39, 0.29) is 56.8 Å². The molecule has 10 nitrogen and oxygen atoms in total. The van der Waals surface area contributed by atoms with Crippen LogP contribution in [0.5, 0.6) is 0 Å². The van der Waals surface area contributed by atoms with Gasteiger partial charge in [0.2, 0.25) is 17.6 Å². The Labute approximate surface area is 243 Å². The highest BCUT2D eigenvalue weighted by atomic mass is 19.4. The fraction of sp³-hybridized carbons (Fsp3) is 0.556. The van der Waals surface area contributed by atoms with Crippen molar-refractivity contribution in [3.05, 3.63) is 47.3 Å². The summed E-state index contributed by atoms with van der Waals surface area (Å²) in [6.07, 6.45) is -7.89. The highest BCUT2D eigenvalue weighted by Gasteiger charge is 2.38. The number of aliphatic hydroxyl groups is 1. The molecule has 16 heteroatoms. The van der Waals surface area contributed by atoms with Crippen LogP contribution < -0.4 is 20.9 Å². The third-order valence-electron chi connectivity index (χ3n) is 7.49. The molecule has 3 heterocycles. The number of piperazine rings is 1. The Balaban J connectivity index is 1.39. The summed E-state index contributed by atoms with van der Waals surface area (Å²) < 4.78 is 79.6. The van der Waals surface area contributed by atoms with E-state index in [4.69, 9.17) is 10.8 Å². The van der Waals surface area contributed by atoms with Crippen molar-refractivity contribution < 1.29 is 41.0 Å². The van der Waals surface area contributed by atoms with Crippen LogP contribution in [0.15, 0.2) is 30.3 Å². The van der Waals surface area contributed by atoms with Gasteiger partial charge in [-0.15, -0.1) is 0 Å². The van der Waals surface area contributed by atoms with E-state index in [9.17, 15) is 35.9 Å². The molecular weight excluding hydrogens is 584 g/mol. The van der Waals surface area contributed by atoms with Crippen molar-refractivity contribution in [3.63, 3.8) is 0 Å². The summed E-state index contributed by atoms with van der Waals surface area (Å²) in [5.74, 6) is -2.52. The lowest BCUT2D eigenvalue weighted by molar-refractivity contribution is -0.145. The molecule has 4 rings (SSSR count). The molecule has 0 radical (unpaired) electrons. The Bertz CT molecular complexity index is 1270. The van der Waals surface area contributed by atoms with Gasteiger partial charge in [-0.1, -0.05) is 12.1 Å². The summed E-state index contributed by atoms with van der Waals surface area (Å²) in [4.78, 5) is 37.3. The molecule has 1 aromatic heterocycles. The van der Waals surface area contributed by atoms with Crippen LogP contribution in [-0.2, 0) is 28.4 Å². The van der Waals surface area contributed by atoms with E-state index in [1.54, 1.807) is 9.80 Å². The summed E-state index contributed by atoms with van der Waals surface area (Å²) in [6, 6.07) is 5.04. The van der Waals surface area contributed by atoms with Crippen molar-refractivity contribution in [1.82, 2.24) is 20.2 Å². The molecule has 1 aromatic carbocycles. The number of hydrogen-bond donors (Lipinski definition) is 3. The first-order chi connectivity index (χ1) is 20.3. The molecule has 2 aromatic rings. The zero-order valence-electron chi connectivity index (χ0n) is 23.2. The van der Waals surface area contributed by atoms with E-state index >= 15 is 0 Å². The number of piperidine rings is 1. The van der Waals surface area contributed by atoms with Gasteiger partial charge < -0.3 is 30.9 Å². The third-order valence-corrected chi connectivity index (χ3v) is 7.49. The van der Waals surface area contributed by atoms with Crippen molar-refractivity contribution in [2.45, 2.75) is 37.7 Å². The smallest absolute Gasteiger partial charge is 0.394 e. The topological polar surface area (TPSA) is 128 Å². The number of carbonyl (C=O) groups is 2. The van der Waals surface area contributed by atoms with Crippen molar-refractivity contribution in [1.29, 1.82) is 0 Å². The van der Waals surface area contributed by atoms with Crippen LogP contribution in [0.25, 0.3) is 0 Å². The van der Waals surface area contributed by atoms with E-state index in [2.05, 4.69) is 15.3 Å². The fourth-order valence-electron chi connectivity index (χ4n) is 5.08. The number of halogens is 6. The Morgan fingerprint density at radius 2 is 1.58 bits per heavy atom. The Hall–Kier alpha value is -3.66. The number of alkyl halides is 6. The number of benzene rings is 1. The van der Waals surface area contributed by atoms with E-state index in [0.717, 1.165) is 12.1 Å². The van der Waals surface area contributed by atoms with Crippen LogP contribution in [0.4, 0.5) is 38.0 Å². The lowest BCUT2D eigenvalue weighted by Crippen LogP contribution is -2.54. The predicted octanol–water partition coefficient (Wildman–Crippen LogP) is 2.06. The van der Waals surface area contributed by atoms with Crippen LogP contribution in [-0.4, -0.2) is 90.3 Å². The number of anilines is 2. The fourth-order valence-corrected chi connectivity index (χ4v) is 5.08. The first-order valence-electron chi connectivity index (χ1n) is 13.8. The van der Waals surface area contributed by atoms with Gasteiger partial charge in [-0.2, -0.15) is 26.3 Å². The van der Waals surface area contributed by atoms with Gasteiger partial charge in [0, 0.05) is 51.9 Å². The molecule has 2 saturated heterocycles. The average Bonchev–Trinajstić information content (AvgIpc) is 2.99. The lowest BCUT2D eigenvalue weighted by atomic mass is 9.97. The second kappa shape index (κ2) is 13.3. The molecule has 0 saturated carbocycles. The molecule has 2 atom stereocenters. The zero-order chi connectivity index (χ0) is 31.4. The minimum Gasteiger partial charge on any atom is -0.394 e. The van der Waals surface area contributed by atoms with Gasteiger partial charge in [0.25, 0.3) is 0 Å². The molecule has 43 heavy (non-hydrogen) atoms. The second-order valence-corrected chi connectivity index (χ2v) is 10.5. The SMILES string of the molecule is NC(CO)C(=O)N1CCN(c2cc(N3CCC[C@@H](C(=O)NCCc4ccc(C(F)(F)F)cc4)C3)nc(C(F)(F)F)n2)CC1. The summed E-state index contributed by atoms with van der Waals surface area (Å²) in [5, 5.41) is 11.9. The van der Waals surface area contributed by atoms with E-state index in [0.29, 0.717) is 31.4 Å². The predicted molar refractivity (Wildman–Crippen MR) is 144 cm³/mol. The molecule has 0 bridgehead atoms. The van der Waals surface area contributed by atoms with Crippen molar-refractivity contribution in [2.75, 3.05) is 62.2 Å². The monoisotopic (exact) mass is 617 g/mol. The van der Waals surface area contributed by atoms with Crippen molar-refractivity contribution >= 4 is 23.5 Å². The number of nitrogens with zero attached hydrogens (tertiary/aromatic N) is 5. The Morgan fingerprint density at radius 1 is 0.953 bits per heavy atom. The zero-order valence-corrected chi connectivity index (χ0v) is 23.2. The number of aliphatic hydroxyl groups excluding tert-OH is 1. The van der Waals surface area contributed by atoms with Crippen LogP contribution >= 0.6 is 0 Å². The van der Waals surface area contributed by atoms with E-state index in [1.165, 1.54) is 23.1 Å². The van der Waals surface area contributed by atoms with Gasteiger partial charge in [-0.3, -0.25) is 9.59 Å². The minimum absolute atomic E-state index is 0.0281. The molecule has 0 spiro atoms. The van der Waals surface area contributed by atoms with Gasteiger partial charge in [0.15, 0.2) is 0 Å². The molecule has 2 aliphatic heterocycles.